The highest BCUT2D eigenvalue weighted by atomic mass is 35.5. The van der Waals surface area contributed by atoms with Gasteiger partial charge in [-0.05, 0) is 18.8 Å². The average molecular weight is 166 g/mol. The van der Waals surface area contributed by atoms with Crippen molar-refractivity contribution in [2.75, 3.05) is 7.11 Å². The van der Waals surface area contributed by atoms with Crippen molar-refractivity contribution in [3.05, 3.63) is 0 Å². The number of rotatable bonds is 2. The molecule has 0 aromatic carbocycles. The van der Waals surface area contributed by atoms with Gasteiger partial charge in [-0.1, -0.05) is 0 Å². The van der Waals surface area contributed by atoms with Crippen LogP contribution in [0.15, 0.2) is 0 Å². The lowest BCUT2D eigenvalue weighted by molar-refractivity contribution is -0.142. The summed E-state index contributed by atoms with van der Waals surface area (Å²) >= 11 is 0. The average Bonchev–Trinajstić information content (AvgIpc) is 2.66. The zero-order valence-corrected chi connectivity index (χ0v) is 6.69. The van der Waals surface area contributed by atoms with Crippen molar-refractivity contribution in [2.45, 2.75) is 18.9 Å². The van der Waals surface area contributed by atoms with Crippen molar-refractivity contribution in [1.29, 1.82) is 0 Å². The first-order valence-electron chi connectivity index (χ1n) is 3.09. The molecule has 0 aliphatic heterocycles. The molecule has 2 N–H and O–H groups in total. The Balaban J connectivity index is 0.000000810. The number of ether oxygens (including phenoxy) is 1. The summed E-state index contributed by atoms with van der Waals surface area (Å²) < 4.78 is 4.45. The molecule has 1 saturated carbocycles. The molecule has 0 heterocycles. The summed E-state index contributed by atoms with van der Waals surface area (Å²) in [6.45, 7) is 0. The van der Waals surface area contributed by atoms with Crippen LogP contribution in [0.5, 0.6) is 0 Å². The number of esters is 1. The van der Waals surface area contributed by atoms with Gasteiger partial charge in [-0.2, -0.15) is 0 Å². The van der Waals surface area contributed by atoms with E-state index in [0.717, 1.165) is 12.8 Å². The van der Waals surface area contributed by atoms with Gasteiger partial charge in [0.2, 0.25) is 0 Å². The molecule has 0 saturated heterocycles. The predicted octanol–water partition coefficient (Wildman–Crippen LogP) is 0.318. The Morgan fingerprint density at radius 2 is 2.20 bits per heavy atom. The van der Waals surface area contributed by atoms with E-state index in [1.54, 1.807) is 0 Å². The normalized spacial score (nSPS) is 19.0. The smallest absolute Gasteiger partial charge is 0.322 e. The molecule has 1 unspecified atom stereocenters. The summed E-state index contributed by atoms with van der Waals surface area (Å²) in [6, 6.07) is -0.366. The highest BCUT2D eigenvalue weighted by Gasteiger charge is 2.33. The standard InChI is InChI=1S/C6H11NO2.ClH/c1-9-6(8)5(7)4-2-3-4;/h4-5H,2-3,7H2,1H3;1H. The molecule has 0 aromatic heterocycles. The maximum Gasteiger partial charge on any atom is 0.322 e. The first-order valence-corrected chi connectivity index (χ1v) is 3.09. The second-order valence-electron chi connectivity index (χ2n) is 2.39. The number of methoxy groups -OCH3 is 1. The van der Waals surface area contributed by atoms with Crippen LogP contribution in [0.2, 0.25) is 0 Å². The first-order chi connectivity index (χ1) is 4.25. The van der Waals surface area contributed by atoms with Crippen molar-refractivity contribution < 1.29 is 9.53 Å². The highest BCUT2D eigenvalue weighted by Crippen LogP contribution is 2.31. The van der Waals surface area contributed by atoms with Crippen molar-refractivity contribution in [2.24, 2.45) is 11.7 Å². The summed E-state index contributed by atoms with van der Waals surface area (Å²) in [5, 5.41) is 0. The third kappa shape index (κ3) is 2.15. The number of hydrogen-bond donors (Lipinski definition) is 1. The van der Waals surface area contributed by atoms with Crippen LogP contribution in [0.1, 0.15) is 12.8 Å². The van der Waals surface area contributed by atoms with Crippen LogP contribution in [-0.2, 0) is 9.53 Å². The largest absolute Gasteiger partial charge is 0.468 e. The lowest BCUT2D eigenvalue weighted by Crippen LogP contribution is -2.33. The minimum Gasteiger partial charge on any atom is -0.468 e. The lowest BCUT2D eigenvalue weighted by Gasteiger charge is -2.05. The number of carbonyl (C=O) groups excluding carboxylic acids is 1. The zero-order valence-electron chi connectivity index (χ0n) is 5.87. The fourth-order valence-corrected chi connectivity index (χ4v) is 0.784. The van der Waals surface area contributed by atoms with Gasteiger partial charge in [0.05, 0.1) is 7.11 Å². The van der Waals surface area contributed by atoms with Crippen LogP contribution < -0.4 is 5.73 Å². The van der Waals surface area contributed by atoms with Gasteiger partial charge < -0.3 is 10.5 Å². The maximum absolute atomic E-state index is 10.6. The van der Waals surface area contributed by atoms with Crippen molar-refractivity contribution in [1.82, 2.24) is 0 Å². The molecule has 3 nitrogen and oxygen atoms in total. The molecule has 60 valence electrons. The second kappa shape index (κ2) is 3.78. The van der Waals surface area contributed by atoms with Crippen LogP contribution in [0.3, 0.4) is 0 Å². The molecule has 1 rings (SSSR count). The fraction of sp³-hybridized carbons (Fsp3) is 0.833. The Morgan fingerprint density at radius 1 is 1.70 bits per heavy atom. The van der Waals surface area contributed by atoms with Gasteiger partial charge in [-0.25, -0.2) is 0 Å². The quantitative estimate of drug-likeness (QED) is 0.600. The van der Waals surface area contributed by atoms with Gasteiger partial charge in [0.25, 0.3) is 0 Å². The van der Waals surface area contributed by atoms with E-state index in [0.29, 0.717) is 5.92 Å². The van der Waals surface area contributed by atoms with E-state index < -0.39 is 0 Å². The molecule has 10 heavy (non-hydrogen) atoms. The van der Waals surface area contributed by atoms with Crippen LogP contribution >= 0.6 is 12.4 Å². The van der Waals surface area contributed by atoms with Gasteiger partial charge in [0, 0.05) is 0 Å². The summed E-state index contributed by atoms with van der Waals surface area (Å²) in [7, 11) is 1.37. The fourth-order valence-electron chi connectivity index (χ4n) is 0.784. The topological polar surface area (TPSA) is 52.3 Å². The van der Waals surface area contributed by atoms with Gasteiger partial charge in [0.15, 0.2) is 0 Å². The highest BCUT2D eigenvalue weighted by molar-refractivity contribution is 5.85. The monoisotopic (exact) mass is 165 g/mol. The number of carbonyl (C=O) groups is 1. The molecule has 1 atom stereocenters. The van der Waals surface area contributed by atoms with E-state index >= 15 is 0 Å². The predicted molar refractivity (Wildman–Crippen MR) is 40.0 cm³/mol. The molecule has 0 spiro atoms. The maximum atomic E-state index is 10.6. The van der Waals surface area contributed by atoms with Crippen LogP contribution in [0, 0.1) is 5.92 Å². The third-order valence-electron chi connectivity index (χ3n) is 1.60. The molecular formula is C6H12ClNO2. The van der Waals surface area contributed by atoms with Crippen LogP contribution in [0.25, 0.3) is 0 Å². The summed E-state index contributed by atoms with van der Waals surface area (Å²) in [4.78, 5) is 10.6. The van der Waals surface area contributed by atoms with E-state index in [1.165, 1.54) is 7.11 Å². The van der Waals surface area contributed by atoms with Crippen LogP contribution in [0.4, 0.5) is 0 Å². The summed E-state index contributed by atoms with van der Waals surface area (Å²) in [6.07, 6.45) is 2.16. The molecule has 0 radical (unpaired) electrons. The molecule has 0 bridgehead atoms. The van der Waals surface area contributed by atoms with Gasteiger partial charge in [-0.3, -0.25) is 4.79 Å². The molecule has 0 aromatic rings. The van der Waals surface area contributed by atoms with Gasteiger partial charge >= 0.3 is 5.97 Å². The molecule has 1 fully saturated rings. The molecule has 0 amide bonds. The minimum atomic E-state index is -0.366. The SMILES string of the molecule is COC(=O)C(N)C1CC1.Cl. The number of nitrogens with two attached hydrogens (primary N) is 1. The third-order valence-corrected chi connectivity index (χ3v) is 1.60. The molecular weight excluding hydrogens is 154 g/mol. The van der Waals surface area contributed by atoms with E-state index in [2.05, 4.69) is 4.74 Å². The Labute approximate surface area is 66.3 Å². The zero-order chi connectivity index (χ0) is 6.85. The number of halogens is 1. The Morgan fingerprint density at radius 3 is 2.50 bits per heavy atom. The van der Waals surface area contributed by atoms with E-state index in [4.69, 9.17) is 5.73 Å². The van der Waals surface area contributed by atoms with Crippen molar-refractivity contribution >= 4 is 18.4 Å². The van der Waals surface area contributed by atoms with E-state index in [-0.39, 0.29) is 24.4 Å². The molecule has 4 heteroatoms. The van der Waals surface area contributed by atoms with Crippen molar-refractivity contribution in [3.8, 4) is 0 Å². The first kappa shape index (κ1) is 9.72. The van der Waals surface area contributed by atoms with Gasteiger partial charge in [0.1, 0.15) is 6.04 Å². The van der Waals surface area contributed by atoms with Crippen LogP contribution in [-0.4, -0.2) is 19.1 Å². The lowest BCUT2D eigenvalue weighted by atomic mass is 10.2. The molecule has 1 aliphatic carbocycles. The minimum absolute atomic E-state index is 0. The van der Waals surface area contributed by atoms with Gasteiger partial charge in [-0.15, -0.1) is 12.4 Å². The summed E-state index contributed by atoms with van der Waals surface area (Å²) in [5.74, 6) is 0.120. The van der Waals surface area contributed by atoms with E-state index in [9.17, 15) is 4.79 Å². The molecule has 1 aliphatic rings. The summed E-state index contributed by atoms with van der Waals surface area (Å²) in [5.41, 5.74) is 5.46. The second-order valence-corrected chi connectivity index (χ2v) is 2.39. The van der Waals surface area contributed by atoms with Crippen molar-refractivity contribution in [3.63, 3.8) is 0 Å². The Hall–Kier alpha value is -0.280. The number of hydrogen-bond acceptors (Lipinski definition) is 3. The Kier molecular flexibility index (Phi) is 3.68. The van der Waals surface area contributed by atoms with E-state index in [1.807, 2.05) is 0 Å². The Bertz CT molecular complexity index is 125.